The van der Waals surface area contributed by atoms with Crippen molar-refractivity contribution in [3.63, 3.8) is 0 Å². The zero-order chi connectivity index (χ0) is 20.0. The SMILES string of the molecule is CN=C(NCCCN(C(C)C)C(C)C)N1CCN(c2cnn(C)c2)C(=O)C1.I. The third-order valence-corrected chi connectivity index (χ3v) is 4.94. The molecule has 1 aliphatic heterocycles. The second kappa shape index (κ2) is 11.6. The van der Waals surface area contributed by atoms with Crippen LogP contribution in [0, 0.1) is 0 Å². The van der Waals surface area contributed by atoms with Crippen molar-refractivity contribution < 1.29 is 4.79 Å². The number of piperazine rings is 1. The number of carbonyl (C=O) groups is 1. The van der Waals surface area contributed by atoms with E-state index in [4.69, 9.17) is 0 Å². The highest BCUT2D eigenvalue weighted by atomic mass is 127. The Balaban J connectivity index is 0.00000392. The van der Waals surface area contributed by atoms with Gasteiger partial charge in [0, 0.05) is 58.6 Å². The molecule has 0 saturated carbocycles. The zero-order valence-corrected chi connectivity index (χ0v) is 20.4. The first kappa shape index (κ1) is 24.7. The first-order chi connectivity index (χ1) is 12.8. The predicted molar refractivity (Wildman–Crippen MR) is 126 cm³/mol. The van der Waals surface area contributed by atoms with Crippen molar-refractivity contribution >= 4 is 41.5 Å². The van der Waals surface area contributed by atoms with Crippen LogP contribution in [0.2, 0.25) is 0 Å². The molecule has 2 rings (SSSR count). The molecule has 0 spiro atoms. The molecule has 2 heterocycles. The lowest BCUT2D eigenvalue weighted by molar-refractivity contribution is -0.120. The van der Waals surface area contributed by atoms with Gasteiger partial charge in [0.05, 0.1) is 11.9 Å². The van der Waals surface area contributed by atoms with E-state index in [2.05, 4.69) is 48.0 Å². The van der Waals surface area contributed by atoms with Crippen LogP contribution in [0.25, 0.3) is 0 Å². The van der Waals surface area contributed by atoms with Crippen LogP contribution in [-0.4, -0.2) is 83.3 Å². The molecule has 0 bridgehead atoms. The molecule has 1 aromatic rings. The number of nitrogens with one attached hydrogen (secondary N) is 1. The van der Waals surface area contributed by atoms with Gasteiger partial charge in [-0.15, -0.1) is 24.0 Å². The van der Waals surface area contributed by atoms with Gasteiger partial charge in [-0.25, -0.2) is 0 Å². The number of halogens is 1. The molecule has 0 unspecified atom stereocenters. The number of rotatable bonds is 7. The lowest BCUT2D eigenvalue weighted by atomic mass is 10.2. The quantitative estimate of drug-likeness (QED) is 0.265. The van der Waals surface area contributed by atoms with E-state index in [0.29, 0.717) is 25.2 Å². The summed E-state index contributed by atoms with van der Waals surface area (Å²) >= 11 is 0. The number of hydrogen-bond acceptors (Lipinski definition) is 4. The summed E-state index contributed by atoms with van der Waals surface area (Å²) in [5.41, 5.74) is 0.854. The fourth-order valence-electron chi connectivity index (χ4n) is 3.58. The fraction of sp³-hybridized carbons (Fsp3) is 0.737. The Bertz CT molecular complexity index is 636. The van der Waals surface area contributed by atoms with Gasteiger partial charge >= 0.3 is 0 Å². The first-order valence-electron chi connectivity index (χ1n) is 9.83. The molecular weight excluding hydrogens is 469 g/mol. The van der Waals surface area contributed by atoms with E-state index in [0.717, 1.165) is 37.7 Å². The highest BCUT2D eigenvalue weighted by Crippen LogP contribution is 2.16. The molecule has 1 amide bonds. The van der Waals surface area contributed by atoms with Gasteiger partial charge in [0.2, 0.25) is 5.91 Å². The molecule has 0 aromatic carbocycles. The Labute approximate surface area is 186 Å². The third-order valence-electron chi connectivity index (χ3n) is 4.94. The van der Waals surface area contributed by atoms with Crippen molar-refractivity contribution in [1.29, 1.82) is 0 Å². The Kier molecular flexibility index (Phi) is 10.2. The average Bonchev–Trinajstić information content (AvgIpc) is 3.03. The molecule has 160 valence electrons. The third kappa shape index (κ3) is 6.61. The van der Waals surface area contributed by atoms with Crippen molar-refractivity contribution in [1.82, 2.24) is 24.9 Å². The monoisotopic (exact) mass is 505 g/mol. The van der Waals surface area contributed by atoms with Crippen molar-refractivity contribution in [3.05, 3.63) is 12.4 Å². The molecule has 0 aliphatic carbocycles. The lowest BCUT2D eigenvalue weighted by Crippen LogP contribution is -2.55. The van der Waals surface area contributed by atoms with E-state index in [9.17, 15) is 4.79 Å². The smallest absolute Gasteiger partial charge is 0.246 e. The summed E-state index contributed by atoms with van der Waals surface area (Å²) in [6.07, 6.45) is 4.64. The van der Waals surface area contributed by atoms with Crippen molar-refractivity contribution in [2.45, 2.75) is 46.2 Å². The molecule has 1 fully saturated rings. The molecule has 9 heteroatoms. The number of nitrogens with zero attached hydrogens (tertiary/aromatic N) is 6. The van der Waals surface area contributed by atoms with Gasteiger partial charge in [0.25, 0.3) is 0 Å². The number of amides is 1. The van der Waals surface area contributed by atoms with E-state index >= 15 is 0 Å². The maximum Gasteiger partial charge on any atom is 0.246 e. The largest absolute Gasteiger partial charge is 0.356 e. The summed E-state index contributed by atoms with van der Waals surface area (Å²) in [5.74, 6) is 0.873. The Morgan fingerprint density at radius 1 is 1.29 bits per heavy atom. The van der Waals surface area contributed by atoms with E-state index in [1.54, 1.807) is 22.8 Å². The van der Waals surface area contributed by atoms with Crippen LogP contribution in [0.4, 0.5) is 5.69 Å². The number of aliphatic imine (C=N–C) groups is 1. The van der Waals surface area contributed by atoms with Crippen LogP contribution < -0.4 is 10.2 Å². The molecule has 8 nitrogen and oxygen atoms in total. The molecule has 1 saturated heterocycles. The van der Waals surface area contributed by atoms with Gasteiger partial charge < -0.3 is 15.1 Å². The van der Waals surface area contributed by atoms with Crippen molar-refractivity contribution in [2.75, 3.05) is 44.7 Å². The van der Waals surface area contributed by atoms with Crippen LogP contribution in [0.5, 0.6) is 0 Å². The second-order valence-corrected chi connectivity index (χ2v) is 7.59. The Hall–Kier alpha value is -1.36. The van der Waals surface area contributed by atoms with Gasteiger partial charge in [-0.1, -0.05) is 0 Å². The summed E-state index contributed by atoms with van der Waals surface area (Å²) in [6, 6.07) is 1.09. The number of aryl methyl sites for hydroxylation is 1. The van der Waals surface area contributed by atoms with Gasteiger partial charge in [0.1, 0.15) is 6.54 Å². The number of guanidine groups is 1. The van der Waals surface area contributed by atoms with E-state index < -0.39 is 0 Å². The van der Waals surface area contributed by atoms with Gasteiger partial charge in [-0.3, -0.25) is 19.4 Å². The van der Waals surface area contributed by atoms with Crippen molar-refractivity contribution in [2.24, 2.45) is 12.0 Å². The van der Waals surface area contributed by atoms with Crippen LogP contribution in [0.15, 0.2) is 17.4 Å². The maximum absolute atomic E-state index is 12.6. The second-order valence-electron chi connectivity index (χ2n) is 7.59. The van der Waals surface area contributed by atoms with E-state index in [-0.39, 0.29) is 29.9 Å². The number of aromatic nitrogens is 2. The molecule has 1 aromatic heterocycles. The summed E-state index contributed by atoms with van der Waals surface area (Å²) in [7, 11) is 3.63. The fourth-order valence-corrected chi connectivity index (χ4v) is 3.58. The predicted octanol–water partition coefficient (Wildman–Crippen LogP) is 1.77. The van der Waals surface area contributed by atoms with E-state index in [1.165, 1.54) is 0 Å². The van der Waals surface area contributed by atoms with Gasteiger partial charge in [-0.2, -0.15) is 5.10 Å². The number of hydrogen-bond donors (Lipinski definition) is 1. The molecule has 0 radical (unpaired) electrons. The van der Waals surface area contributed by atoms with Gasteiger partial charge in [0.15, 0.2) is 5.96 Å². The minimum atomic E-state index is 0. The topological polar surface area (TPSA) is 69.0 Å². The van der Waals surface area contributed by atoms with Crippen LogP contribution in [0.3, 0.4) is 0 Å². The normalized spacial score (nSPS) is 15.6. The Morgan fingerprint density at radius 2 is 1.96 bits per heavy atom. The molecule has 1 N–H and O–H groups in total. The van der Waals surface area contributed by atoms with Crippen LogP contribution in [0.1, 0.15) is 34.1 Å². The minimum absolute atomic E-state index is 0. The summed E-state index contributed by atoms with van der Waals surface area (Å²) < 4.78 is 1.72. The molecule has 1 aliphatic rings. The Morgan fingerprint density at radius 3 is 2.46 bits per heavy atom. The summed E-state index contributed by atoms with van der Waals surface area (Å²) in [4.78, 5) is 23.2. The van der Waals surface area contributed by atoms with Gasteiger partial charge in [-0.05, 0) is 34.1 Å². The zero-order valence-electron chi connectivity index (χ0n) is 18.1. The molecular formula is C19H36IN7O. The van der Waals surface area contributed by atoms with Crippen LogP contribution in [-0.2, 0) is 11.8 Å². The minimum Gasteiger partial charge on any atom is -0.356 e. The molecule has 0 atom stereocenters. The number of anilines is 1. The van der Waals surface area contributed by atoms with Crippen LogP contribution >= 0.6 is 24.0 Å². The summed E-state index contributed by atoms with van der Waals surface area (Å²) in [5, 5.41) is 7.57. The van der Waals surface area contributed by atoms with Crippen molar-refractivity contribution in [3.8, 4) is 0 Å². The highest BCUT2D eigenvalue weighted by molar-refractivity contribution is 14.0. The lowest BCUT2D eigenvalue weighted by Gasteiger charge is -2.35. The first-order valence-corrected chi connectivity index (χ1v) is 9.83. The standard InChI is InChI=1S/C19H35N7O.HI/c1-15(2)25(16(3)4)9-7-8-21-19(20-5)24-10-11-26(18(27)14-24)17-12-22-23(6)13-17;/h12-13,15-16H,7-11,14H2,1-6H3,(H,20,21);1H. The average molecular weight is 505 g/mol. The molecule has 28 heavy (non-hydrogen) atoms. The summed E-state index contributed by atoms with van der Waals surface area (Å²) in [6.45, 7) is 12.6. The van der Waals surface area contributed by atoms with E-state index in [1.807, 2.05) is 18.1 Å². The highest BCUT2D eigenvalue weighted by Gasteiger charge is 2.27. The number of carbonyl (C=O) groups excluding carboxylic acids is 1. The maximum atomic E-state index is 12.6.